The van der Waals surface area contributed by atoms with Gasteiger partial charge in [-0.2, -0.15) is 0 Å². The number of hydrogen-bond acceptors (Lipinski definition) is 3. The number of carbonyl (C=O) groups excluding carboxylic acids is 1. The van der Waals surface area contributed by atoms with Crippen molar-refractivity contribution < 1.29 is 18.3 Å². The van der Waals surface area contributed by atoms with Crippen LogP contribution in [0.3, 0.4) is 0 Å². The van der Waals surface area contributed by atoms with E-state index < -0.39 is 11.6 Å². The normalized spacial score (nSPS) is 10.4. The molecule has 0 aliphatic heterocycles. The van der Waals surface area contributed by atoms with E-state index in [1.165, 1.54) is 13.0 Å². The molecule has 0 amide bonds. The Hall–Kier alpha value is -1.46. The van der Waals surface area contributed by atoms with Crippen molar-refractivity contribution >= 4 is 28.7 Å². The summed E-state index contributed by atoms with van der Waals surface area (Å²) in [7, 11) is 0. The first kappa shape index (κ1) is 13.0. The summed E-state index contributed by atoms with van der Waals surface area (Å²) < 4.78 is 31.9. The fourth-order valence-electron chi connectivity index (χ4n) is 1.32. The molecule has 0 atom stereocenters. The number of rotatable bonds is 3. The maximum atomic E-state index is 13.4. The molecule has 0 fully saturated rings. The quantitative estimate of drug-likeness (QED) is 0.767. The van der Waals surface area contributed by atoms with E-state index in [0.717, 1.165) is 29.5 Å². The molecule has 0 aliphatic rings. The number of benzene rings is 1. The summed E-state index contributed by atoms with van der Waals surface area (Å²) in [4.78, 5) is 11.3. The number of thiophene rings is 1. The monoisotopic (exact) mass is 288 g/mol. The lowest BCUT2D eigenvalue weighted by Gasteiger charge is -2.05. The zero-order valence-electron chi connectivity index (χ0n) is 9.17. The van der Waals surface area contributed by atoms with Crippen LogP contribution in [0.4, 0.5) is 8.78 Å². The lowest BCUT2D eigenvalue weighted by Crippen LogP contribution is -1.94. The van der Waals surface area contributed by atoms with Gasteiger partial charge in [0, 0.05) is 6.07 Å². The molecular formula is C12H7ClF2O2S. The highest BCUT2D eigenvalue weighted by Gasteiger charge is 2.16. The third-order valence-corrected chi connectivity index (χ3v) is 3.29. The molecule has 1 aromatic carbocycles. The zero-order chi connectivity index (χ0) is 13.3. The molecular weight excluding hydrogens is 282 g/mol. The van der Waals surface area contributed by atoms with Crippen molar-refractivity contribution in [3.63, 3.8) is 0 Å². The Morgan fingerprint density at radius 2 is 2.06 bits per heavy atom. The van der Waals surface area contributed by atoms with Crippen LogP contribution in [0, 0.1) is 11.6 Å². The Morgan fingerprint density at radius 1 is 1.33 bits per heavy atom. The fourth-order valence-corrected chi connectivity index (χ4v) is 2.44. The van der Waals surface area contributed by atoms with Crippen molar-refractivity contribution in [1.82, 2.24) is 0 Å². The van der Waals surface area contributed by atoms with E-state index in [2.05, 4.69) is 0 Å². The van der Waals surface area contributed by atoms with Crippen LogP contribution in [0.1, 0.15) is 17.3 Å². The van der Waals surface area contributed by atoms with Crippen molar-refractivity contribution in [3.05, 3.63) is 45.8 Å². The predicted octanol–water partition coefficient (Wildman–Crippen LogP) is 4.67. The highest BCUT2D eigenvalue weighted by Crippen LogP contribution is 2.38. The van der Waals surface area contributed by atoms with Crippen LogP contribution in [0.25, 0.3) is 0 Å². The number of hydrogen-bond donors (Lipinski definition) is 0. The molecule has 0 spiro atoms. The summed E-state index contributed by atoms with van der Waals surface area (Å²) in [5, 5.41) is 0.150. The van der Waals surface area contributed by atoms with Gasteiger partial charge in [-0.25, -0.2) is 8.78 Å². The lowest BCUT2D eigenvalue weighted by atomic mass is 10.2. The maximum Gasteiger partial charge on any atom is 0.193 e. The van der Waals surface area contributed by atoms with Gasteiger partial charge in [0.05, 0.1) is 9.90 Å². The van der Waals surface area contributed by atoms with Gasteiger partial charge in [-0.1, -0.05) is 22.9 Å². The number of ether oxygens (including phenoxy) is 1. The molecule has 2 nitrogen and oxygen atoms in total. The van der Waals surface area contributed by atoms with Gasteiger partial charge in [0.25, 0.3) is 0 Å². The van der Waals surface area contributed by atoms with E-state index in [1.807, 2.05) is 0 Å². The smallest absolute Gasteiger partial charge is 0.193 e. The topological polar surface area (TPSA) is 26.3 Å². The first-order valence-corrected chi connectivity index (χ1v) is 6.10. The minimum Gasteiger partial charge on any atom is -0.443 e. The molecule has 0 N–H and O–H groups in total. The van der Waals surface area contributed by atoms with Crippen molar-refractivity contribution in [2.24, 2.45) is 0 Å². The van der Waals surface area contributed by atoms with Gasteiger partial charge in [-0.3, -0.25) is 4.79 Å². The average Bonchev–Trinajstić information content (AvgIpc) is 2.65. The molecule has 0 aliphatic carbocycles. The predicted molar refractivity (Wildman–Crippen MR) is 65.8 cm³/mol. The minimum atomic E-state index is -0.713. The summed E-state index contributed by atoms with van der Waals surface area (Å²) >= 11 is 6.75. The van der Waals surface area contributed by atoms with Crippen LogP contribution in [-0.2, 0) is 0 Å². The average molecular weight is 289 g/mol. The molecule has 94 valence electrons. The first-order chi connectivity index (χ1) is 8.47. The molecule has 0 unspecified atom stereocenters. The molecule has 1 heterocycles. The molecule has 0 saturated heterocycles. The summed E-state index contributed by atoms with van der Waals surface area (Å²) in [6.45, 7) is 1.34. The van der Waals surface area contributed by atoms with Crippen LogP contribution in [0.5, 0.6) is 10.8 Å². The van der Waals surface area contributed by atoms with E-state index >= 15 is 0 Å². The van der Waals surface area contributed by atoms with Crippen LogP contribution >= 0.6 is 22.9 Å². The van der Waals surface area contributed by atoms with Crippen molar-refractivity contribution in [1.29, 1.82) is 0 Å². The molecule has 18 heavy (non-hydrogen) atoms. The van der Waals surface area contributed by atoms with E-state index in [4.69, 9.17) is 16.3 Å². The van der Waals surface area contributed by atoms with Crippen molar-refractivity contribution in [2.75, 3.05) is 0 Å². The fraction of sp³-hybridized carbons (Fsp3) is 0.0833. The van der Waals surface area contributed by atoms with E-state index in [0.29, 0.717) is 4.34 Å². The highest BCUT2D eigenvalue weighted by atomic mass is 35.5. The molecule has 0 saturated carbocycles. The van der Waals surface area contributed by atoms with Gasteiger partial charge in [-0.05, 0) is 25.1 Å². The summed E-state index contributed by atoms with van der Waals surface area (Å²) in [5.41, 5.74) is 0.244. The van der Waals surface area contributed by atoms with Crippen molar-refractivity contribution in [2.45, 2.75) is 6.92 Å². The van der Waals surface area contributed by atoms with Crippen LogP contribution < -0.4 is 4.74 Å². The van der Waals surface area contributed by atoms with Crippen LogP contribution in [-0.4, -0.2) is 5.78 Å². The molecule has 0 bridgehead atoms. The van der Waals surface area contributed by atoms with E-state index in [9.17, 15) is 13.6 Å². The van der Waals surface area contributed by atoms with Gasteiger partial charge in [0.15, 0.2) is 22.4 Å². The Bertz CT molecular complexity index is 610. The number of ketones is 1. The SMILES string of the molecule is CC(=O)c1cc(Cl)sc1Oc1cc(F)ccc1F. The Kier molecular flexibility index (Phi) is 3.63. The van der Waals surface area contributed by atoms with Gasteiger partial charge in [0.1, 0.15) is 5.82 Å². The third-order valence-electron chi connectivity index (χ3n) is 2.14. The first-order valence-electron chi connectivity index (χ1n) is 4.90. The summed E-state index contributed by atoms with van der Waals surface area (Å²) in [5.74, 6) is -1.88. The van der Waals surface area contributed by atoms with Gasteiger partial charge in [-0.15, -0.1) is 0 Å². The second-order valence-corrected chi connectivity index (χ2v) is 5.13. The van der Waals surface area contributed by atoms with Crippen LogP contribution in [0.15, 0.2) is 24.3 Å². The Labute approximate surface area is 111 Å². The summed E-state index contributed by atoms with van der Waals surface area (Å²) in [6, 6.07) is 4.27. The summed E-state index contributed by atoms with van der Waals surface area (Å²) in [6.07, 6.45) is 0. The molecule has 0 radical (unpaired) electrons. The number of carbonyl (C=O) groups is 1. The minimum absolute atomic E-state index is 0.150. The largest absolute Gasteiger partial charge is 0.443 e. The number of Topliss-reactive ketones (excluding diaryl/α,β-unsaturated/α-hetero) is 1. The van der Waals surface area contributed by atoms with Crippen LogP contribution in [0.2, 0.25) is 4.34 Å². The highest BCUT2D eigenvalue weighted by molar-refractivity contribution is 7.18. The maximum absolute atomic E-state index is 13.4. The third kappa shape index (κ3) is 2.68. The lowest BCUT2D eigenvalue weighted by molar-refractivity contribution is 0.101. The molecule has 2 aromatic rings. The molecule has 6 heteroatoms. The Morgan fingerprint density at radius 3 is 2.72 bits per heavy atom. The molecule has 2 rings (SSSR count). The Balaban J connectivity index is 2.39. The zero-order valence-corrected chi connectivity index (χ0v) is 10.7. The second kappa shape index (κ2) is 5.04. The van der Waals surface area contributed by atoms with Gasteiger partial charge in [0.2, 0.25) is 0 Å². The van der Waals surface area contributed by atoms with Crippen molar-refractivity contribution in [3.8, 4) is 10.8 Å². The molecule has 1 aromatic heterocycles. The van der Waals surface area contributed by atoms with E-state index in [1.54, 1.807) is 0 Å². The standard InChI is InChI=1S/C12H7ClF2O2S/c1-6(16)8-5-11(13)18-12(8)17-10-4-7(14)2-3-9(10)15/h2-5H,1H3. The van der Waals surface area contributed by atoms with Gasteiger partial charge < -0.3 is 4.74 Å². The van der Waals surface area contributed by atoms with E-state index in [-0.39, 0.29) is 22.2 Å². The number of halogens is 3. The van der Waals surface area contributed by atoms with Gasteiger partial charge >= 0.3 is 0 Å². The second-order valence-electron chi connectivity index (χ2n) is 3.48.